The highest BCUT2D eigenvalue weighted by Gasteiger charge is 2.26. The minimum atomic E-state index is -2.86. The number of hydrogen-bond acceptors (Lipinski definition) is 3. The Kier molecular flexibility index (Phi) is 3.30. The van der Waals surface area contributed by atoms with Crippen molar-refractivity contribution in [3.8, 4) is 0 Å². The zero-order valence-electron chi connectivity index (χ0n) is 8.64. The summed E-state index contributed by atoms with van der Waals surface area (Å²) in [6.45, 7) is 0. The molecule has 5 heteroatoms. The molecule has 0 bridgehead atoms. The molecule has 0 aliphatic carbocycles. The molecule has 1 aromatic carbocycles. The Morgan fingerprint density at radius 3 is 2.75 bits per heavy atom. The van der Waals surface area contributed by atoms with Crippen LogP contribution in [-0.2, 0) is 9.84 Å². The molecule has 0 amide bonds. The average Bonchev–Trinajstić information content (AvgIpc) is 2.57. The van der Waals surface area contributed by atoms with Crippen LogP contribution in [0.25, 0.3) is 0 Å². The lowest BCUT2D eigenvalue weighted by Crippen LogP contribution is -2.07. The van der Waals surface area contributed by atoms with E-state index in [1.807, 2.05) is 18.2 Å². The number of hydrogen-bond donors (Lipinski definition) is 0. The van der Waals surface area contributed by atoms with Gasteiger partial charge in [0.25, 0.3) is 0 Å². The lowest BCUT2D eigenvalue weighted by atomic mass is 10.2. The predicted molar refractivity (Wildman–Crippen MR) is 66.1 cm³/mol. The monoisotopic (exact) mass is 257 g/mol. The standard InChI is InChI=1S/C11H12ClNO2S/c12-11-4-2-1-3-9(11)7-13-10-5-6-16(14,15)8-10/h1-4,7,10H,5-6,8H2/t10-/m0/s1. The van der Waals surface area contributed by atoms with E-state index < -0.39 is 9.84 Å². The van der Waals surface area contributed by atoms with E-state index in [0.29, 0.717) is 11.4 Å². The zero-order chi connectivity index (χ0) is 11.6. The van der Waals surface area contributed by atoms with Gasteiger partial charge in [-0.15, -0.1) is 0 Å². The lowest BCUT2D eigenvalue weighted by molar-refractivity contribution is 0.601. The summed E-state index contributed by atoms with van der Waals surface area (Å²) in [4.78, 5) is 4.26. The van der Waals surface area contributed by atoms with E-state index in [-0.39, 0.29) is 17.5 Å². The van der Waals surface area contributed by atoms with Crippen LogP contribution in [0, 0.1) is 0 Å². The Labute approximate surface area is 100 Å². The Hall–Kier alpha value is -0.870. The molecular weight excluding hydrogens is 246 g/mol. The van der Waals surface area contributed by atoms with E-state index in [2.05, 4.69) is 4.99 Å². The lowest BCUT2D eigenvalue weighted by Gasteiger charge is -2.00. The number of halogens is 1. The first-order chi connectivity index (χ1) is 7.57. The van der Waals surface area contributed by atoms with E-state index in [0.717, 1.165) is 5.56 Å². The van der Waals surface area contributed by atoms with Crippen molar-refractivity contribution in [2.75, 3.05) is 11.5 Å². The molecule has 1 aliphatic heterocycles. The van der Waals surface area contributed by atoms with Gasteiger partial charge in [-0.05, 0) is 12.5 Å². The maximum atomic E-state index is 11.2. The van der Waals surface area contributed by atoms with Gasteiger partial charge in [-0.25, -0.2) is 8.42 Å². The van der Waals surface area contributed by atoms with E-state index in [1.165, 1.54) is 0 Å². The third-order valence-electron chi connectivity index (χ3n) is 2.54. The number of nitrogens with zero attached hydrogens (tertiary/aromatic N) is 1. The fourth-order valence-corrected chi connectivity index (χ4v) is 3.48. The molecule has 0 saturated carbocycles. The van der Waals surface area contributed by atoms with Crippen LogP contribution >= 0.6 is 11.6 Å². The zero-order valence-corrected chi connectivity index (χ0v) is 10.2. The van der Waals surface area contributed by atoms with Gasteiger partial charge in [0.05, 0.1) is 17.5 Å². The van der Waals surface area contributed by atoms with Crippen LogP contribution in [0.3, 0.4) is 0 Å². The van der Waals surface area contributed by atoms with Gasteiger partial charge >= 0.3 is 0 Å². The highest BCUT2D eigenvalue weighted by Crippen LogP contribution is 2.16. The Morgan fingerprint density at radius 2 is 2.12 bits per heavy atom. The summed E-state index contributed by atoms with van der Waals surface area (Å²) in [5.74, 6) is 0.408. The number of benzene rings is 1. The summed E-state index contributed by atoms with van der Waals surface area (Å²) in [5.41, 5.74) is 0.827. The van der Waals surface area contributed by atoms with Gasteiger partial charge in [0.1, 0.15) is 0 Å². The fraction of sp³-hybridized carbons (Fsp3) is 0.364. The van der Waals surface area contributed by atoms with Gasteiger partial charge < -0.3 is 0 Å². The van der Waals surface area contributed by atoms with Crippen molar-refractivity contribution in [2.24, 2.45) is 4.99 Å². The molecule has 0 spiro atoms. The maximum absolute atomic E-state index is 11.2. The molecule has 86 valence electrons. The van der Waals surface area contributed by atoms with Crippen molar-refractivity contribution < 1.29 is 8.42 Å². The summed E-state index contributed by atoms with van der Waals surface area (Å²) < 4.78 is 22.4. The topological polar surface area (TPSA) is 46.5 Å². The highest BCUT2D eigenvalue weighted by molar-refractivity contribution is 7.91. The van der Waals surface area contributed by atoms with Crippen molar-refractivity contribution in [1.29, 1.82) is 0 Å². The van der Waals surface area contributed by atoms with Crippen LogP contribution < -0.4 is 0 Å². The van der Waals surface area contributed by atoms with E-state index in [1.54, 1.807) is 12.3 Å². The second-order valence-electron chi connectivity index (χ2n) is 3.86. The van der Waals surface area contributed by atoms with Crippen molar-refractivity contribution >= 4 is 27.7 Å². The molecule has 0 aromatic heterocycles. The van der Waals surface area contributed by atoms with Crippen molar-refractivity contribution in [3.63, 3.8) is 0 Å². The van der Waals surface area contributed by atoms with Gasteiger partial charge in [0.2, 0.25) is 0 Å². The normalized spacial score (nSPS) is 23.9. The number of rotatable bonds is 2. The van der Waals surface area contributed by atoms with Gasteiger partial charge in [0, 0.05) is 16.8 Å². The molecular formula is C11H12ClNO2S. The van der Waals surface area contributed by atoms with Crippen molar-refractivity contribution in [2.45, 2.75) is 12.5 Å². The van der Waals surface area contributed by atoms with Gasteiger partial charge in [-0.2, -0.15) is 0 Å². The first kappa shape index (κ1) is 11.6. The molecule has 2 rings (SSSR count). The van der Waals surface area contributed by atoms with Crippen LogP contribution in [0.15, 0.2) is 29.3 Å². The molecule has 0 radical (unpaired) electrons. The van der Waals surface area contributed by atoms with Gasteiger partial charge in [0.15, 0.2) is 9.84 Å². The van der Waals surface area contributed by atoms with Crippen LogP contribution in [-0.4, -0.2) is 32.2 Å². The highest BCUT2D eigenvalue weighted by atomic mass is 35.5. The van der Waals surface area contributed by atoms with Gasteiger partial charge in [-0.3, -0.25) is 4.99 Å². The quantitative estimate of drug-likeness (QED) is 0.761. The molecule has 1 saturated heterocycles. The van der Waals surface area contributed by atoms with Gasteiger partial charge in [-0.1, -0.05) is 29.8 Å². The third-order valence-corrected chi connectivity index (χ3v) is 4.63. The minimum Gasteiger partial charge on any atom is -0.288 e. The third kappa shape index (κ3) is 2.83. The van der Waals surface area contributed by atoms with Crippen molar-refractivity contribution in [3.05, 3.63) is 34.9 Å². The summed E-state index contributed by atoms with van der Waals surface area (Å²) in [6.07, 6.45) is 2.27. The van der Waals surface area contributed by atoms with Crippen LogP contribution in [0.2, 0.25) is 5.02 Å². The SMILES string of the molecule is O=S1(=O)CC[C@H](N=Cc2ccccc2Cl)C1. The maximum Gasteiger partial charge on any atom is 0.152 e. The van der Waals surface area contributed by atoms with E-state index >= 15 is 0 Å². The fourth-order valence-electron chi connectivity index (χ4n) is 1.66. The van der Waals surface area contributed by atoms with E-state index in [4.69, 9.17) is 11.6 Å². The number of aliphatic imine (C=N–C) groups is 1. The molecule has 1 heterocycles. The average molecular weight is 258 g/mol. The molecule has 0 unspecified atom stereocenters. The van der Waals surface area contributed by atoms with Crippen LogP contribution in [0.1, 0.15) is 12.0 Å². The molecule has 1 aliphatic rings. The molecule has 1 aromatic rings. The van der Waals surface area contributed by atoms with E-state index in [9.17, 15) is 8.42 Å². The first-order valence-electron chi connectivity index (χ1n) is 5.05. The Balaban J connectivity index is 2.09. The van der Waals surface area contributed by atoms with Crippen LogP contribution in [0.5, 0.6) is 0 Å². The second kappa shape index (κ2) is 4.55. The summed E-state index contributed by atoms with van der Waals surface area (Å²) >= 11 is 5.96. The molecule has 16 heavy (non-hydrogen) atoms. The molecule has 3 nitrogen and oxygen atoms in total. The Morgan fingerprint density at radius 1 is 1.38 bits per heavy atom. The summed E-state index contributed by atoms with van der Waals surface area (Å²) in [5, 5.41) is 0.632. The Bertz CT molecular complexity index is 510. The largest absolute Gasteiger partial charge is 0.288 e. The molecule has 1 fully saturated rings. The molecule has 0 N–H and O–H groups in total. The second-order valence-corrected chi connectivity index (χ2v) is 6.49. The summed E-state index contributed by atoms with van der Waals surface area (Å²) in [6, 6.07) is 7.25. The number of sulfone groups is 1. The molecule has 1 atom stereocenters. The minimum absolute atomic E-state index is 0.110. The van der Waals surface area contributed by atoms with Crippen LogP contribution in [0.4, 0.5) is 0 Å². The summed E-state index contributed by atoms with van der Waals surface area (Å²) in [7, 11) is -2.86. The smallest absolute Gasteiger partial charge is 0.152 e. The first-order valence-corrected chi connectivity index (χ1v) is 7.25. The van der Waals surface area contributed by atoms with Crippen molar-refractivity contribution in [1.82, 2.24) is 0 Å². The predicted octanol–water partition coefficient (Wildman–Crippen LogP) is 1.95.